The van der Waals surface area contributed by atoms with Crippen LogP contribution in [-0.4, -0.2) is 18.5 Å². The Hall–Kier alpha value is -1.06. The molecule has 3 rings (SSSR count). The van der Waals surface area contributed by atoms with E-state index in [9.17, 15) is 4.79 Å². The van der Waals surface area contributed by atoms with Gasteiger partial charge in [-0.1, -0.05) is 30.7 Å². The Balaban J connectivity index is 0.00000133. The summed E-state index contributed by atoms with van der Waals surface area (Å²) in [4.78, 5) is 12.3. The highest BCUT2D eigenvalue weighted by molar-refractivity contribution is 5.87. The monoisotopic (exact) mass is 280 g/mol. The van der Waals surface area contributed by atoms with Gasteiger partial charge in [0.25, 0.3) is 0 Å². The molecule has 0 aromatic heterocycles. The summed E-state index contributed by atoms with van der Waals surface area (Å²) in [5, 5.41) is 3.20. The normalized spacial score (nSPS) is 27.9. The number of hydrogen-bond acceptors (Lipinski definition) is 2. The highest BCUT2D eigenvalue weighted by Gasteiger charge is 2.35. The molecular formula is C15H21ClN2O. The van der Waals surface area contributed by atoms with Crippen molar-refractivity contribution >= 4 is 18.3 Å². The molecule has 104 valence electrons. The van der Waals surface area contributed by atoms with Crippen LogP contribution in [0.1, 0.15) is 36.3 Å². The Bertz CT molecular complexity index is 463. The third-order valence-corrected chi connectivity index (χ3v) is 4.46. The molecule has 0 radical (unpaired) electrons. The number of halogens is 1. The van der Waals surface area contributed by atoms with Crippen molar-refractivity contribution in [3.8, 4) is 0 Å². The van der Waals surface area contributed by atoms with Crippen LogP contribution in [0.25, 0.3) is 0 Å². The molecule has 3 atom stereocenters. The molecule has 1 amide bonds. The van der Waals surface area contributed by atoms with E-state index in [0.29, 0.717) is 18.5 Å². The summed E-state index contributed by atoms with van der Waals surface area (Å²) in [6.45, 7) is 0.687. The lowest BCUT2D eigenvalue weighted by Gasteiger charge is -2.31. The number of nitrogens with one attached hydrogen (secondary N) is 1. The zero-order chi connectivity index (χ0) is 12.5. The molecule has 3 nitrogen and oxygen atoms in total. The first-order valence-corrected chi connectivity index (χ1v) is 6.88. The average molecular weight is 281 g/mol. The quantitative estimate of drug-likeness (QED) is 0.890. The second kappa shape index (κ2) is 5.93. The number of benzene rings is 1. The predicted octanol–water partition coefficient (Wildman–Crippen LogP) is 1.99. The molecule has 1 aromatic rings. The van der Waals surface area contributed by atoms with Crippen LogP contribution in [0.15, 0.2) is 24.3 Å². The largest absolute Gasteiger partial charge is 0.353 e. The maximum atomic E-state index is 12.3. The number of nitrogens with two attached hydrogens (primary N) is 1. The first-order chi connectivity index (χ1) is 8.79. The Morgan fingerprint density at radius 2 is 2.11 bits per heavy atom. The number of hydrogen-bond donors (Lipinski definition) is 2. The Labute approximate surface area is 120 Å². The molecule has 0 saturated heterocycles. The molecule has 1 aromatic carbocycles. The van der Waals surface area contributed by atoms with Gasteiger partial charge in [0.15, 0.2) is 0 Å². The molecule has 0 heterocycles. The first kappa shape index (κ1) is 14.4. The van der Waals surface area contributed by atoms with E-state index in [4.69, 9.17) is 5.73 Å². The molecule has 19 heavy (non-hydrogen) atoms. The van der Waals surface area contributed by atoms with Crippen molar-refractivity contribution in [1.82, 2.24) is 5.32 Å². The van der Waals surface area contributed by atoms with Crippen molar-refractivity contribution in [2.75, 3.05) is 6.54 Å². The average Bonchev–Trinajstić information content (AvgIpc) is 2.78. The lowest BCUT2D eigenvalue weighted by Crippen LogP contribution is -2.44. The minimum absolute atomic E-state index is 0. The van der Waals surface area contributed by atoms with Crippen molar-refractivity contribution in [1.29, 1.82) is 0 Å². The predicted molar refractivity (Wildman–Crippen MR) is 78.5 cm³/mol. The van der Waals surface area contributed by atoms with Crippen LogP contribution in [0.4, 0.5) is 0 Å². The third-order valence-electron chi connectivity index (χ3n) is 4.46. The summed E-state index contributed by atoms with van der Waals surface area (Å²) in [6, 6.07) is 8.52. The van der Waals surface area contributed by atoms with Crippen LogP contribution >= 0.6 is 12.4 Å². The van der Waals surface area contributed by atoms with Crippen molar-refractivity contribution < 1.29 is 4.79 Å². The number of carbonyl (C=O) groups is 1. The van der Waals surface area contributed by atoms with Crippen LogP contribution in [0.2, 0.25) is 0 Å². The van der Waals surface area contributed by atoms with Crippen LogP contribution in [0.5, 0.6) is 0 Å². The van der Waals surface area contributed by atoms with Gasteiger partial charge >= 0.3 is 0 Å². The SMILES string of the molecule is Cl.NCC1CCCC1NC(=O)C1Cc2ccccc21. The maximum Gasteiger partial charge on any atom is 0.228 e. The van der Waals surface area contributed by atoms with E-state index in [-0.39, 0.29) is 24.2 Å². The molecule has 1 saturated carbocycles. The van der Waals surface area contributed by atoms with Crippen molar-refractivity contribution in [2.24, 2.45) is 11.7 Å². The molecule has 0 bridgehead atoms. The molecule has 0 spiro atoms. The molecule has 1 fully saturated rings. The van der Waals surface area contributed by atoms with E-state index in [1.165, 1.54) is 17.5 Å². The van der Waals surface area contributed by atoms with Gasteiger partial charge in [-0.2, -0.15) is 0 Å². The van der Waals surface area contributed by atoms with Crippen molar-refractivity contribution in [3.05, 3.63) is 35.4 Å². The lowest BCUT2D eigenvalue weighted by molar-refractivity contribution is -0.124. The fraction of sp³-hybridized carbons (Fsp3) is 0.533. The Morgan fingerprint density at radius 3 is 2.84 bits per heavy atom. The van der Waals surface area contributed by atoms with Gasteiger partial charge in [0.05, 0.1) is 5.92 Å². The summed E-state index contributed by atoms with van der Waals surface area (Å²) < 4.78 is 0. The zero-order valence-corrected chi connectivity index (χ0v) is 11.8. The molecule has 4 heteroatoms. The van der Waals surface area contributed by atoms with Crippen LogP contribution in [0.3, 0.4) is 0 Å². The third kappa shape index (κ3) is 2.63. The van der Waals surface area contributed by atoms with Gasteiger partial charge in [0.2, 0.25) is 5.91 Å². The highest BCUT2D eigenvalue weighted by atomic mass is 35.5. The Morgan fingerprint density at radius 1 is 1.32 bits per heavy atom. The highest BCUT2D eigenvalue weighted by Crippen LogP contribution is 2.35. The van der Waals surface area contributed by atoms with E-state index < -0.39 is 0 Å². The summed E-state index contributed by atoms with van der Waals surface area (Å²) in [6.07, 6.45) is 4.32. The summed E-state index contributed by atoms with van der Waals surface area (Å²) >= 11 is 0. The van der Waals surface area contributed by atoms with Gasteiger partial charge in [0, 0.05) is 6.04 Å². The van der Waals surface area contributed by atoms with Gasteiger partial charge < -0.3 is 11.1 Å². The maximum absolute atomic E-state index is 12.3. The number of fused-ring (bicyclic) bond motifs is 1. The van der Waals surface area contributed by atoms with Crippen LogP contribution < -0.4 is 11.1 Å². The van der Waals surface area contributed by atoms with Crippen molar-refractivity contribution in [2.45, 2.75) is 37.6 Å². The molecule has 2 aliphatic rings. The molecule has 2 aliphatic carbocycles. The topological polar surface area (TPSA) is 55.1 Å². The fourth-order valence-electron chi connectivity index (χ4n) is 3.29. The van der Waals surface area contributed by atoms with Gasteiger partial charge in [-0.3, -0.25) is 4.79 Å². The van der Waals surface area contributed by atoms with E-state index in [1.807, 2.05) is 12.1 Å². The second-order valence-corrected chi connectivity index (χ2v) is 5.50. The van der Waals surface area contributed by atoms with E-state index in [1.54, 1.807) is 0 Å². The van der Waals surface area contributed by atoms with E-state index in [0.717, 1.165) is 19.3 Å². The molecular weight excluding hydrogens is 260 g/mol. The zero-order valence-electron chi connectivity index (χ0n) is 11.0. The molecule has 3 N–H and O–H groups in total. The Kier molecular flexibility index (Phi) is 4.48. The number of carbonyl (C=O) groups excluding carboxylic acids is 1. The minimum atomic E-state index is 0. The van der Waals surface area contributed by atoms with Gasteiger partial charge in [-0.15, -0.1) is 12.4 Å². The van der Waals surface area contributed by atoms with Gasteiger partial charge in [-0.25, -0.2) is 0 Å². The van der Waals surface area contributed by atoms with Gasteiger partial charge in [-0.05, 0) is 42.9 Å². The molecule has 0 aliphatic heterocycles. The summed E-state index contributed by atoms with van der Waals surface area (Å²) in [5.74, 6) is 0.739. The second-order valence-electron chi connectivity index (χ2n) is 5.50. The molecule has 3 unspecified atom stereocenters. The fourth-order valence-corrected chi connectivity index (χ4v) is 3.29. The summed E-state index contributed by atoms with van der Waals surface area (Å²) in [7, 11) is 0. The number of amides is 1. The standard InChI is InChI=1S/C15H20N2O.ClH/c16-9-11-5-3-7-14(11)17-15(18)13-8-10-4-1-2-6-12(10)13;/h1-2,4,6,11,13-14H,3,5,7-9,16H2,(H,17,18);1H. The first-order valence-electron chi connectivity index (χ1n) is 6.88. The van der Waals surface area contributed by atoms with Crippen LogP contribution in [-0.2, 0) is 11.2 Å². The van der Waals surface area contributed by atoms with E-state index >= 15 is 0 Å². The smallest absolute Gasteiger partial charge is 0.228 e. The summed E-state index contributed by atoms with van der Waals surface area (Å²) in [5.41, 5.74) is 8.27. The van der Waals surface area contributed by atoms with Crippen molar-refractivity contribution in [3.63, 3.8) is 0 Å². The van der Waals surface area contributed by atoms with Gasteiger partial charge in [0.1, 0.15) is 0 Å². The minimum Gasteiger partial charge on any atom is -0.353 e. The lowest BCUT2D eigenvalue weighted by atomic mass is 9.77. The van der Waals surface area contributed by atoms with Crippen LogP contribution in [0, 0.1) is 5.92 Å². The van der Waals surface area contributed by atoms with E-state index in [2.05, 4.69) is 17.4 Å². The number of rotatable bonds is 3.